The number of hydrogen-bond donors (Lipinski definition) is 2. The molecule has 2 N–H and O–H groups in total. The molecule has 0 amide bonds. The third kappa shape index (κ3) is 6.76. The van der Waals surface area contributed by atoms with E-state index < -0.39 is 23.8 Å². The van der Waals surface area contributed by atoms with Gasteiger partial charge in [-0.1, -0.05) is 24.3 Å². The lowest BCUT2D eigenvalue weighted by Crippen LogP contribution is -2.24. The lowest BCUT2D eigenvalue weighted by molar-refractivity contribution is -0.146. The molecule has 1 atom stereocenters. The molecular formula is C15H20O6. The number of ether oxygens (including phenoxy) is 2. The Kier molecular flexibility index (Phi) is 5.72. The Morgan fingerprint density at radius 1 is 1.14 bits per heavy atom. The number of rotatable bonds is 5. The van der Waals surface area contributed by atoms with E-state index in [-0.39, 0.29) is 13.0 Å². The van der Waals surface area contributed by atoms with E-state index in [1.807, 2.05) is 0 Å². The van der Waals surface area contributed by atoms with E-state index in [4.69, 9.17) is 14.6 Å². The summed E-state index contributed by atoms with van der Waals surface area (Å²) in [4.78, 5) is 21.9. The highest BCUT2D eigenvalue weighted by Gasteiger charge is 2.17. The maximum Gasteiger partial charge on any atom is 0.509 e. The van der Waals surface area contributed by atoms with Crippen LogP contribution in [0.5, 0.6) is 0 Å². The fraction of sp³-hybridized carbons (Fsp3) is 0.467. The third-order valence-corrected chi connectivity index (χ3v) is 2.48. The molecule has 1 aromatic carbocycles. The molecule has 0 fully saturated rings. The SMILES string of the molecule is CC(C)(C)OC(=O)OCc1ccc(C[C@H](O)C(=O)O)cc1. The van der Waals surface area contributed by atoms with Crippen LogP contribution in [0.2, 0.25) is 0 Å². The van der Waals surface area contributed by atoms with Gasteiger partial charge in [0.15, 0.2) is 6.10 Å². The first kappa shape index (κ1) is 17.0. The van der Waals surface area contributed by atoms with Gasteiger partial charge in [-0.2, -0.15) is 0 Å². The van der Waals surface area contributed by atoms with E-state index in [0.717, 1.165) is 5.56 Å². The van der Waals surface area contributed by atoms with Crippen molar-refractivity contribution in [3.05, 3.63) is 35.4 Å². The van der Waals surface area contributed by atoms with E-state index in [1.165, 1.54) is 0 Å². The fourth-order valence-electron chi connectivity index (χ4n) is 1.50. The van der Waals surface area contributed by atoms with Crippen molar-refractivity contribution < 1.29 is 29.3 Å². The monoisotopic (exact) mass is 296 g/mol. The Bertz CT molecular complexity index is 486. The maximum absolute atomic E-state index is 11.4. The van der Waals surface area contributed by atoms with Crippen LogP contribution in [-0.2, 0) is 27.3 Å². The Morgan fingerprint density at radius 3 is 2.14 bits per heavy atom. The molecule has 0 saturated carbocycles. The van der Waals surface area contributed by atoms with Gasteiger partial charge in [0, 0.05) is 6.42 Å². The van der Waals surface area contributed by atoms with E-state index in [1.54, 1.807) is 45.0 Å². The number of carboxylic acids is 1. The molecule has 21 heavy (non-hydrogen) atoms. The summed E-state index contributed by atoms with van der Waals surface area (Å²) in [6.45, 7) is 5.31. The number of aliphatic hydroxyl groups excluding tert-OH is 1. The number of aliphatic hydroxyl groups is 1. The second-order valence-corrected chi connectivity index (χ2v) is 5.63. The molecule has 1 rings (SSSR count). The summed E-state index contributed by atoms with van der Waals surface area (Å²) >= 11 is 0. The minimum Gasteiger partial charge on any atom is -0.479 e. The molecule has 0 aromatic heterocycles. The maximum atomic E-state index is 11.4. The summed E-state index contributed by atoms with van der Waals surface area (Å²) in [5.74, 6) is -1.26. The second-order valence-electron chi connectivity index (χ2n) is 5.63. The van der Waals surface area contributed by atoms with Crippen molar-refractivity contribution in [1.29, 1.82) is 0 Å². The molecule has 0 bridgehead atoms. The predicted molar refractivity (Wildman–Crippen MR) is 74.8 cm³/mol. The number of carbonyl (C=O) groups excluding carboxylic acids is 1. The molecule has 0 aliphatic heterocycles. The summed E-state index contributed by atoms with van der Waals surface area (Å²) in [6.07, 6.45) is -2.13. The molecule has 6 nitrogen and oxygen atoms in total. The van der Waals surface area contributed by atoms with E-state index >= 15 is 0 Å². The van der Waals surface area contributed by atoms with Gasteiger partial charge in [0.05, 0.1) is 0 Å². The average molecular weight is 296 g/mol. The average Bonchev–Trinajstić information content (AvgIpc) is 2.35. The summed E-state index contributed by atoms with van der Waals surface area (Å²) < 4.78 is 9.96. The highest BCUT2D eigenvalue weighted by Crippen LogP contribution is 2.11. The smallest absolute Gasteiger partial charge is 0.479 e. The van der Waals surface area contributed by atoms with Crippen molar-refractivity contribution in [2.45, 2.75) is 45.5 Å². The van der Waals surface area contributed by atoms with Gasteiger partial charge in [-0.25, -0.2) is 9.59 Å². The highest BCUT2D eigenvalue weighted by molar-refractivity contribution is 5.72. The molecule has 0 radical (unpaired) electrons. The Morgan fingerprint density at radius 2 is 1.67 bits per heavy atom. The summed E-state index contributed by atoms with van der Waals surface area (Å²) in [5, 5.41) is 17.9. The fourth-order valence-corrected chi connectivity index (χ4v) is 1.50. The predicted octanol–water partition coefficient (Wildman–Crippen LogP) is 2.13. The molecule has 6 heteroatoms. The number of carbonyl (C=O) groups is 2. The lowest BCUT2D eigenvalue weighted by Gasteiger charge is -2.18. The normalized spacial score (nSPS) is 12.6. The van der Waals surface area contributed by atoms with Crippen molar-refractivity contribution in [2.24, 2.45) is 0 Å². The summed E-state index contributed by atoms with van der Waals surface area (Å²) in [7, 11) is 0. The Labute approximate surface area is 123 Å². The van der Waals surface area contributed by atoms with E-state index in [0.29, 0.717) is 5.56 Å². The largest absolute Gasteiger partial charge is 0.509 e. The zero-order chi connectivity index (χ0) is 16.0. The van der Waals surface area contributed by atoms with Crippen molar-refractivity contribution in [2.75, 3.05) is 0 Å². The first-order valence-electron chi connectivity index (χ1n) is 6.52. The molecule has 116 valence electrons. The van der Waals surface area contributed by atoms with Gasteiger partial charge in [0.1, 0.15) is 12.2 Å². The first-order chi connectivity index (χ1) is 9.67. The summed E-state index contributed by atoms with van der Waals surface area (Å²) in [5.41, 5.74) is 0.828. The van der Waals surface area contributed by atoms with Gasteiger partial charge in [0.2, 0.25) is 0 Å². The zero-order valence-corrected chi connectivity index (χ0v) is 12.3. The standard InChI is InChI=1S/C15H20O6/c1-15(2,3)21-14(19)20-9-11-6-4-10(5-7-11)8-12(16)13(17)18/h4-7,12,16H,8-9H2,1-3H3,(H,17,18)/t12-/m0/s1. The van der Waals surface area contributed by atoms with Crippen LogP contribution in [-0.4, -0.2) is 34.0 Å². The molecule has 0 unspecified atom stereocenters. The van der Waals surface area contributed by atoms with Crippen LogP contribution in [0.15, 0.2) is 24.3 Å². The van der Waals surface area contributed by atoms with Crippen molar-refractivity contribution in [3.63, 3.8) is 0 Å². The van der Waals surface area contributed by atoms with Gasteiger partial charge in [-0.15, -0.1) is 0 Å². The van der Waals surface area contributed by atoms with Gasteiger partial charge in [0.25, 0.3) is 0 Å². The molecule has 0 spiro atoms. The lowest BCUT2D eigenvalue weighted by atomic mass is 10.1. The van der Waals surface area contributed by atoms with Crippen molar-refractivity contribution in [1.82, 2.24) is 0 Å². The van der Waals surface area contributed by atoms with Crippen LogP contribution >= 0.6 is 0 Å². The van der Waals surface area contributed by atoms with Crippen LogP contribution in [0, 0.1) is 0 Å². The van der Waals surface area contributed by atoms with E-state index in [9.17, 15) is 14.7 Å². The van der Waals surface area contributed by atoms with Crippen molar-refractivity contribution in [3.8, 4) is 0 Å². The topological polar surface area (TPSA) is 93.1 Å². The molecule has 0 aliphatic rings. The van der Waals surface area contributed by atoms with Crippen LogP contribution in [0.4, 0.5) is 4.79 Å². The van der Waals surface area contributed by atoms with Gasteiger partial charge in [-0.3, -0.25) is 0 Å². The minimum atomic E-state index is -1.42. The van der Waals surface area contributed by atoms with Crippen LogP contribution in [0.25, 0.3) is 0 Å². The quantitative estimate of drug-likeness (QED) is 0.808. The highest BCUT2D eigenvalue weighted by atomic mass is 16.7. The van der Waals surface area contributed by atoms with Crippen molar-refractivity contribution >= 4 is 12.1 Å². The van der Waals surface area contributed by atoms with Gasteiger partial charge in [-0.05, 0) is 31.9 Å². The zero-order valence-electron chi connectivity index (χ0n) is 12.3. The van der Waals surface area contributed by atoms with Gasteiger partial charge < -0.3 is 19.7 Å². The molecule has 1 aromatic rings. The van der Waals surface area contributed by atoms with Crippen LogP contribution < -0.4 is 0 Å². The van der Waals surface area contributed by atoms with Crippen LogP contribution in [0.3, 0.4) is 0 Å². The number of benzene rings is 1. The minimum absolute atomic E-state index is 0.0303. The number of aliphatic carboxylic acids is 1. The first-order valence-corrected chi connectivity index (χ1v) is 6.52. The summed E-state index contributed by atoms with van der Waals surface area (Å²) in [6, 6.07) is 6.77. The molecule has 0 aliphatic carbocycles. The molecular weight excluding hydrogens is 276 g/mol. The number of carboxylic acid groups (broad SMARTS) is 1. The Balaban J connectivity index is 2.48. The second kappa shape index (κ2) is 7.08. The third-order valence-electron chi connectivity index (χ3n) is 2.48. The Hall–Kier alpha value is -2.08. The van der Waals surface area contributed by atoms with Crippen LogP contribution in [0.1, 0.15) is 31.9 Å². The molecule has 0 heterocycles. The van der Waals surface area contributed by atoms with E-state index in [2.05, 4.69) is 0 Å². The molecule has 0 saturated heterocycles. The number of hydrogen-bond acceptors (Lipinski definition) is 5. The van der Waals surface area contributed by atoms with Gasteiger partial charge >= 0.3 is 12.1 Å².